The number of furan rings is 1. The van der Waals surface area contributed by atoms with Crippen molar-refractivity contribution in [2.24, 2.45) is 5.73 Å². The Bertz CT molecular complexity index is 430. The highest BCUT2D eigenvalue weighted by Gasteiger charge is 2.08. The van der Waals surface area contributed by atoms with Crippen molar-refractivity contribution in [2.45, 2.75) is 26.4 Å². The molecule has 0 amide bonds. The minimum absolute atomic E-state index is 0.418. The maximum atomic E-state index is 5.58. The molecule has 2 aromatic rings. The SMILES string of the molecule is CCCn1cc(-c2ccoc2CN)cn1. The Morgan fingerprint density at radius 1 is 1.53 bits per heavy atom. The van der Waals surface area contributed by atoms with E-state index in [1.54, 1.807) is 6.26 Å². The smallest absolute Gasteiger partial charge is 0.125 e. The fourth-order valence-electron chi connectivity index (χ4n) is 1.61. The first kappa shape index (κ1) is 9.98. The summed E-state index contributed by atoms with van der Waals surface area (Å²) in [5, 5.41) is 4.27. The Kier molecular flexibility index (Phi) is 2.87. The number of hydrogen-bond acceptors (Lipinski definition) is 3. The monoisotopic (exact) mass is 205 g/mol. The Balaban J connectivity index is 2.28. The van der Waals surface area contributed by atoms with Crippen LogP contribution in [0.4, 0.5) is 0 Å². The lowest BCUT2D eigenvalue weighted by Crippen LogP contribution is -1.96. The zero-order valence-corrected chi connectivity index (χ0v) is 8.81. The van der Waals surface area contributed by atoms with E-state index in [1.165, 1.54) is 0 Å². The van der Waals surface area contributed by atoms with Crippen LogP contribution in [0.3, 0.4) is 0 Å². The molecule has 2 aromatic heterocycles. The molecule has 2 N–H and O–H groups in total. The van der Waals surface area contributed by atoms with E-state index in [0.717, 1.165) is 29.9 Å². The van der Waals surface area contributed by atoms with Gasteiger partial charge in [-0.2, -0.15) is 5.10 Å². The summed E-state index contributed by atoms with van der Waals surface area (Å²) in [6, 6.07) is 1.93. The Morgan fingerprint density at radius 2 is 2.40 bits per heavy atom. The second-order valence-electron chi connectivity index (χ2n) is 3.45. The summed E-state index contributed by atoms with van der Waals surface area (Å²) < 4.78 is 7.21. The lowest BCUT2D eigenvalue weighted by Gasteiger charge is -1.96. The Labute approximate surface area is 88.7 Å². The summed E-state index contributed by atoms with van der Waals surface area (Å²) in [5.74, 6) is 0.811. The van der Waals surface area contributed by atoms with E-state index in [9.17, 15) is 0 Å². The predicted octanol–water partition coefficient (Wildman–Crippen LogP) is 2.01. The maximum absolute atomic E-state index is 5.58. The Hall–Kier alpha value is -1.55. The molecular weight excluding hydrogens is 190 g/mol. The highest BCUT2D eigenvalue weighted by Crippen LogP contribution is 2.23. The van der Waals surface area contributed by atoms with E-state index in [2.05, 4.69) is 12.0 Å². The summed E-state index contributed by atoms with van der Waals surface area (Å²) in [6.07, 6.45) is 6.61. The molecule has 0 saturated heterocycles. The number of nitrogens with two attached hydrogens (primary N) is 1. The number of nitrogens with zero attached hydrogens (tertiary/aromatic N) is 2. The van der Waals surface area contributed by atoms with E-state index < -0.39 is 0 Å². The average molecular weight is 205 g/mol. The van der Waals surface area contributed by atoms with Gasteiger partial charge in [-0.15, -0.1) is 0 Å². The van der Waals surface area contributed by atoms with Crippen molar-refractivity contribution in [3.05, 3.63) is 30.5 Å². The van der Waals surface area contributed by atoms with Gasteiger partial charge in [-0.1, -0.05) is 6.92 Å². The van der Waals surface area contributed by atoms with Crippen molar-refractivity contribution in [1.82, 2.24) is 9.78 Å². The van der Waals surface area contributed by atoms with Gasteiger partial charge in [-0.3, -0.25) is 4.68 Å². The molecule has 0 saturated carbocycles. The van der Waals surface area contributed by atoms with Gasteiger partial charge < -0.3 is 10.2 Å². The second-order valence-corrected chi connectivity index (χ2v) is 3.45. The van der Waals surface area contributed by atoms with Crippen LogP contribution in [0.5, 0.6) is 0 Å². The van der Waals surface area contributed by atoms with Gasteiger partial charge in [-0.25, -0.2) is 0 Å². The molecule has 0 aliphatic rings. The van der Waals surface area contributed by atoms with Gasteiger partial charge in [0, 0.05) is 23.9 Å². The maximum Gasteiger partial charge on any atom is 0.125 e. The molecule has 0 fully saturated rings. The lowest BCUT2D eigenvalue weighted by atomic mass is 10.1. The van der Waals surface area contributed by atoms with Gasteiger partial charge in [0.2, 0.25) is 0 Å². The van der Waals surface area contributed by atoms with Gasteiger partial charge in [0.1, 0.15) is 5.76 Å². The van der Waals surface area contributed by atoms with Crippen LogP contribution in [0.25, 0.3) is 11.1 Å². The van der Waals surface area contributed by atoms with Crippen LogP contribution in [0.15, 0.2) is 29.1 Å². The van der Waals surface area contributed by atoms with Gasteiger partial charge in [0.25, 0.3) is 0 Å². The number of aryl methyl sites for hydroxylation is 1. The summed E-state index contributed by atoms with van der Waals surface area (Å²) in [6.45, 7) is 3.49. The molecule has 0 bridgehead atoms. The third-order valence-electron chi connectivity index (χ3n) is 2.33. The molecule has 0 unspecified atom stereocenters. The Morgan fingerprint density at radius 3 is 3.13 bits per heavy atom. The molecule has 15 heavy (non-hydrogen) atoms. The molecule has 4 nitrogen and oxygen atoms in total. The van der Waals surface area contributed by atoms with Crippen molar-refractivity contribution in [3.63, 3.8) is 0 Å². The molecule has 0 spiro atoms. The molecule has 2 heterocycles. The highest BCUT2D eigenvalue weighted by molar-refractivity contribution is 5.63. The topological polar surface area (TPSA) is 57.0 Å². The van der Waals surface area contributed by atoms with Crippen molar-refractivity contribution in [2.75, 3.05) is 0 Å². The minimum atomic E-state index is 0.418. The third-order valence-corrected chi connectivity index (χ3v) is 2.33. The summed E-state index contributed by atoms with van der Waals surface area (Å²) in [7, 11) is 0. The largest absolute Gasteiger partial charge is 0.467 e. The molecule has 0 atom stereocenters. The van der Waals surface area contributed by atoms with Crippen LogP contribution in [0, 0.1) is 0 Å². The van der Waals surface area contributed by atoms with Crippen LogP contribution >= 0.6 is 0 Å². The van der Waals surface area contributed by atoms with E-state index >= 15 is 0 Å². The summed E-state index contributed by atoms with van der Waals surface area (Å²) in [5.41, 5.74) is 7.69. The molecule has 4 heteroatoms. The van der Waals surface area contributed by atoms with Gasteiger partial charge in [0.15, 0.2) is 0 Å². The van der Waals surface area contributed by atoms with Crippen LogP contribution in [0.2, 0.25) is 0 Å². The molecule has 80 valence electrons. The van der Waals surface area contributed by atoms with Gasteiger partial charge >= 0.3 is 0 Å². The second kappa shape index (κ2) is 4.31. The van der Waals surface area contributed by atoms with E-state index in [-0.39, 0.29) is 0 Å². The van der Waals surface area contributed by atoms with Crippen molar-refractivity contribution in [1.29, 1.82) is 0 Å². The summed E-state index contributed by atoms with van der Waals surface area (Å²) in [4.78, 5) is 0. The molecule has 0 aromatic carbocycles. The van der Waals surface area contributed by atoms with Crippen molar-refractivity contribution >= 4 is 0 Å². The molecular formula is C11H15N3O. The zero-order valence-electron chi connectivity index (χ0n) is 8.81. The molecule has 0 aliphatic carbocycles. The van der Waals surface area contributed by atoms with Gasteiger partial charge in [-0.05, 0) is 12.5 Å². The van der Waals surface area contributed by atoms with Crippen LogP contribution in [-0.2, 0) is 13.1 Å². The fourth-order valence-corrected chi connectivity index (χ4v) is 1.61. The van der Waals surface area contributed by atoms with Crippen LogP contribution < -0.4 is 5.73 Å². The average Bonchev–Trinajstić information content (AvgIpc) is 2.84. The number of aromatic nitrogens is 2. The minimum Gasteiger partial charge on any atom is -0.467 e. The highest BCUT2D eigenvalue weighted by atomic mass is 16.3. The quantitative estimate of drug-likeness (QED) is 0.830. The zero-order chi connectivity index (χ0) is 10.7. The lowest BCUT2D eigenvalue weighted by molar-refractivity contribution is 0.513. The van der Waals surface area contributed by atoms with Crippen molar-refractivity contribution < 1.29 is 4.42 Å². The molecule has 2 rings (SSSR count). The first-order valence-electron chi connectivity index (χ1n) is 5.14. The normalized spacial score (nSPS) is 10.8. The molecule has 0 radical (unpaired) electrons. The summed E-state index contributed by atoms with van der Waals surface area (Å²) >= 11 is 0. The van der Waals surface area contributed by atoms with Crippen molar-refractivity contribution in [3.8, 4) is 11.1 Å². The number of rotatable bonds is 4. The molecule has 0 aliphatic heterocycles. The third kappa shape index (κ3) is 1.94. The number of hydrogen-bond donors (Lipinski definition) is 1. The predicted molar refractivity (Wildman–Crippen MR) is 58.1 cm³/mol. The first-order chi connectivity index (χ1) is 7.35. The van der Waals surface area contributed by atoms with E-state index in [1.807, 2.05) is 23.1 Å². The fraction of sp³-hybridized carbons (Fsp3) is 0.364. The van der Waals surface area contributed by atoms with E-state index in [4.69, 9.17) is 10.2 Å². The standard InChI is InChI=1S/C11H15N3O/c1-2-4-14-8-9(7-13-14)10-3-5-15-11(10)6-12/h3,5,7-8H,2,4,6,12H2,1H3. The van der Waals surface area contributed by atoms with Crippen LogP contribution in [-0.4, -0.2) is 9.78 Å². The van der Waals surface area contributed by atoms with Crippen LogP contribution in [0.1, 0.15) is 19.1 Å². The van der Waals surface area contributed by atoms with Gasteiger partial charge in [0.05, 0.1) is 19.0 Å². The van der Waals surface area contributed by atoms with E-state index in [0.29, 0.717) is 6.54 Å². The first-order valence-corrected chi connectivity index (χ1v) is 5.14.